The van der Waals surface area contributed by atoms with Crippen molar-refractivity contribution in [1.82, 2.24) is 14.9 Å². The van der Waals surface area contributed by atoms with Crippen LogP contribution in [0.2, 0.25) is 0 Å². The van der Waals surface area contributed by atoms with Crippen molar-refractivity contribution in [3.05, 3.63) is 78.1 Å². The van der Waals surface area contributed by atoms with Crippen LogP contribution < -0.4 is 10.2 Å². The number of ether oxygens (including phenoxy) is 1. The molecule has 0 atom stereocenters. The van der Waals surface area contributed by atoms with Crippen LogP contribution in [0.15, 0.2) is 61.2 Å². The molecule has 3 rings (SSSR count). The Bertz CT molecular complexity index is 731. The van der Waals surface area contributed by atoms with Crippen molar-refractivity contribution in [2.45, 2.75) is 13.2 Å². The fourth-order valence-electron chi connectivity index (χ4n) is 1.99. The molecular weight excluding hydrogens is 283 g/mol. The molecule has 5 nitrogen and oxygen atoms in total. The Hall–Kier alpha value is -2.89. The van der Waals surface area contributed by atoms with Crippen LogP contribution in [0.3, 0.4) is 0 Å². The molecule has 0 saturated carbocycles. The molecule has 0 aliphatic rings. The average molecular weight is 298 g/mol. The van der Waals surface area contributed by atoms with Gasteiger partial charge in [-0.1, -0.05) is 30.3 Å². The summed E-state index contributed by atoms with van der Waals surface area (Å²) < 4.78 is 20.9. The smallest absolute Gasteiger partial charge is 0.138 e. The van der Waals surface area contributed by atoms with E-state index in [0.717, 1.165) is 5.56 Å². The summed E-state index contributed by atoms with van der Waals surface area (Å²) in [5, 5.41) is 7.43. The third-order valence-corrected chi connectivity index (χ3v) is 3.14. The van der Waals surface area contributed by atoms with E-state index < -0.39 is 0 Å². The lowest BCUT2D eigenvalue weighted by atomic mass is 10.2. The summed E-state index contributed by atoms with van der Waals surface area (Å²) in [7, 11) is 0. The van der Waals surface area contributed by atoms with E-state index in [1.54, 1.807) is 35.5 Å². The fourth-order valence-corrected chi connectivity index (χ4v) is 1.99. The number of halogens is 1. The summed E-state index contributed by atoms with van der Waals surface area (Å²) in [5.74, 6) is 0.444. The summed E-state index contributed by atoms with van der Waals surface area (Å²) in [4.78, 5) is 0. The zero-order valence-electron chi connectivity index (χ0n) is 11.8. The maximum Gasteiger partial charge on any atom is 0.138 e. The molecule has 0 radical (unpaired) electrons. The molecule has 0 amide bonds. The monoisotopic (exact) mass is 298 g/mol. The van der Waals surface area contributed by atoms with Gasteiger partial charge in [-0.15, -0.1) is 10.2 Å². The Morgan fingerprint density at radius 1 is 1.05 bits per heavy atom. The van der Waals surface area contributed by atoms with E-state index in [9.17, 15) is 4.39 Å². The summed E-state index contributed by atoms with van der Waals surface area (Å²) in [6.07, 6.45) is 3.16. The van der Waals surface area contributed by atoms with Gasteiger partial charge in [0, 0.05) is 5.56 Å². The fraction of sp³-hybridized carbons (Fsp3) is 0.125. The van der Waals surface area contributed by atoms with Crippen LogP contribution in [-0.4, -0.2) is 14.9 Å². The summed E-state index contributed by atoms with van der Waals surface area (Å²) in [6.45, 7) is 0.809. The quantitative estimate of drug-likeness (QED) is 0.760. The van der Waals surface area contributed by atoms with Gasteiger partial charge in [-0.05, 0) is 23.8 Å². The molecular formula is C16H15FN4O. The van der Waals surface area contributed by atoms with E-state index in [-0.39, 0.29) is 12.4 Å². The van der Waals surface area contributed by atoms with Crippen LogP contribution in [0, 0.1) is 5.82 Å². The van der Waals surface area contributed by atoms with Crippen molar-refractivity contribution in [2.24, 2.45) is 0 Å². The Kier molecular flexibility index (Phi) is 4.29. The van der Waals surface area contributed by atoms with Crippen molar-refractivity contribution in [3.63, 3.8) is 0 Å². The molecule has 1 heterocycles. The molecule has 1 N–H and O–H groups in total. The van der Waals surface area contributed by atoms with Gasteiger partial charge in [0.15, 0.2) is 0 Å². The van der Waals surface area contributed by atoms with E-state index in [2.05, 4.69) is 15.6 Å². The molecule has 2 aromatic carbocycles. The first kappa shape index (κ1) is 14.1. The standard InChI is InChI=1S/C16H15FN4O/c17-16-7-2-1-5-14(16)10-22-15-6-3-4-13(8-15)9-20-21-11-18-19-12-21/h1-8,11-12,20H,9-10H2. The van der Waals surface area contributed by atoms with Crippen LogP contribution in [0.5, 0.6) is 5.75 Å². The van der Waals surface area contributed by atoms with Crippen molar-refractivity contribution in [1.29, 1.82) is 0 Å². The first-order valence-electron chi connectivity index (χ1n) is 6.85. The Balaban J connectivity index is 1.60. The molecule has 0 aliphatic carbocycles. The molecule has 3 aromatic rings. The van der Waals surface area contributed by atoms with E-state index in [4.69, 9.17) is 4.74 Å². The Morgan fingerprint density at radius 3 is 2.68 bits per heavy atom. The minimum absolute atomic E-state index is 0.203. The molecule has 0 aliphatic heterocycles. The lowest BCUT2D eigenvalue weighted by molar-refractivity contribution is 0.299. The number of aromatic nitrogens is 3. The van der Waals surface area contributed by atoms with Crippen molar-refractivity contribution < 1.29 is 9.13 Å². The third-order valence-electron chi connectivity index (χ3n) is 3.14. The van der Waals surface area contributed by atoms with Gasteiger partial charge in [0.1, 0.15) is 30.8 Å². The molecule has 6 heteroatoms. The second-order valence-electron chi connectivity index (χ2n) is 4.73. The zero-order chi connectivity index (χ0) is 15.2. The van der Waals surface area contributed by atoms with E-state index in [1.807, 2.05) is 24.3 Å². The second kappa shape index (κ2) is 6.71. The molecule has 22 heavy (non-hydrogen) atoms. The number of nitrogens with zero attached hydrogens (tertiary/aromatic N) is 3. The summed E-state index contributed by atoms with van der Waals surface area (Å²) in [6, 6.07) is 14.2. The molecule has 1 aromatic heterocycles. The SMILES string of the molecule is Fc1ccccc1COc1cccc(CNn2cnnc2)c1. The minimum atomic E-state index is -0.257. The number of hydrogen-bond donors (Lipinski definition) is 1. The van der Waals surface area contributed by atoms with Crippen molar-refractivity contribution in [2.75, 3.05) is 5.43 Å². The highest BCUT2D eigenvalue weighted by Crippen LogP contribution is 2.16. The largest absolute Gasteiger partial charge is 0.489 e. The Morgan fingerprint density at radius 2 is 1.86 bits per heavy atom. The van der Waals surface area contributed by atoms with Gasteiger partial charge in [0.25, 0.3) is 0 Å². The van der Waals surface area contributed by atoms with Crippen LogP contribution in [-0.2, 0) is 13.2 Å². The van der Waals surface area contributed by atoms with Gasteiger partial charge in [0.05, 0.1) is 6.54 Å². The molecule has 0 spiro atoms. The first-order chi connectivity index (χ1) is 10.8. The highest BCUT2D eigenvalue weighted by atomic mass is 19.1. The predicted octanol–water partition coefficient (Wildman–Crippen LogP) is 2.74. The maximum atomic E-state index is 13.5. The minimum Gasteiger partial charge on any atom is -0.489 e. The van der Waals surface area contributed by atoms with Gasteiger partial charge >= 0.3 is 0 Å². The van der Waals surface area contributed by atoms with Crippen LogP contribution in [0.4, 0.5) is 4.39 Å². The highest BCUT2D eigenvalue weighted by Gasteiger charge is 2.02. The lowest BCUT2D eigenvalue weighted by Crippen LogP contribution is -2.12. The normalized spacial score (nSPS) is 10.4. The van der Waals surface area contributed by atoms with Gasteiger partial charge in [-0.2, -0.15) is 0 Å². The van der Waals surface area contributed by atoms with E-state index in [0.29, 0.717) is 17.9 Å². The third kappa shape index (κ3) is 3.60. The topological polar surface area (TPSA) is 52.0 Å². The number of rotatable bonds is 6. The summed E-state index contributed by atoms with van der Waals surface area (Å²) in [5.41, 5.74) is 4.71. The summed E-state index contributed by atoms with van der Waals surface area (Å²) >= 11 is 0. The number of hydrogen-bond acceptors (Lipinski definition) is 4. The van der Waals surface area contributed by atoms with Crippen molar-refractivity contribution in [3.8, 4) is 5.75 Å². The molecule has 0 bridgehead atoms. The molecule has 112 valence electrons. The number of benzene rings is 2. The molecule has 0 saturated heterocycles. The van der Waals surface area contributed by atoms with Gasteiger partial charge in [-0.25, -0.2) is 9.07 Å². The predicted molar refractivity (Wildman–Crippen MR) is 80.3 cm³/mol. The van der Waals surface area contributed by atoms with Crippen molar-refractivity contribution >= 4 is 0 Å². The van der Waals surface area contributed by atoms with Gasteiger partial charge < -0.3 is 10.2 Å². The Labute approximate surface area is 127 Å². The molecule has 0 unspecified atom stereocenters. The van der Waals surface area contributed by atoms with E-state index >= 15 is 0 Å². The van der Waals surface area contributed by atoms with Crippen LogP contribution >= 0.6 is 0 Å². The average Bonchev–Trinajstić information content (AvgIpc) is 3.06. The lowest BCUT2D eigenvalue weighted by Gasteiger charge is -2.10. The number of nitrogens with one attached hydrogen (secondary N) is 1. The molecule has 0 fully saturated rings. The van der Waals surface area contributed by atoms with Crippen LogP contribution in [0.1, 0.15) is 11.1 Å². The second-order valence-corrected chi connectivity index (χ2v) is 4.73. The van der Waals surface area contributed by atoms with Crippen LogP contribution in [0.25, 0.3) is 0 Å². The highest BCUT2D eigenvalue weighted by molar-refractivity contribution is 5.29. The maximum absolute atomic E-state index is 13.5. The zero-order valence-corrected chi connectivity index (χ0v) is 11.8. The first-order valence-corrected chi connectivity index (χ1v) is 6.85. The van der Waals surface area contributed by atoms with Gasteiger partial charge in [-0.3, -0.25) is 0 Å². The van der Waals surface area contributed by atoms with E-state index in [1.165, 1.54) is 6.07 Å². The van der Waals surface area contributed by atoms with Gasteiger partial charge in [0.2, 0.25) is 0 Å².